The van der Waals surface area contributed by atoms with E-state index >= 15 is 0 Å². The quantitative estimate of drug-likeness (QED) is 0.665. The maximum absolute atomic E-state index is 12.4. The van der Waals surface area contributed by atoms with E-state index in [1.165, 1.54) is 0 Å². The largest absolute Gasteiger partial charge is 0.411 e. The number of rotatable bonds is 2. The van der Waals surface area contributed by atoms with Gasteiger partial charge in [0.1, 0.15) is 0 Å². The molecule has 1 heterocycles. The zero-order valence-corrected chi connectivity index (χ0v) is 12.2. The van der Waals surface area contributed by atoms with Gasteiger partial charge in [-0.2, -0.15) is 0 Å². The maximum atomic E-state index is 12.4. The highest BCUT2D eigenvalue weighted by atomic mass is 16.4. The van der Waals surface area contributed by atoms with Crippen LogP contribution in [0, 0.1) is 5.41 Å². The minimum Gasteiger partial charge on any atom is -0.411 e. The lowest BCUT2D eigenvalue weighted by Gasteiger charge is -2.35. The van der Waals surface area contributed by atoms with E-state index in [-0.39, 0.29) is 5.91 Å². The number of oxime groups is 1. The number of nitrogens with zero attached hydrogens (tertiary/aromatic N) is 2. The summed E-state index contributed by atoms with van der Waals surface area (Å²) in [6.07, 6.45) is 2.71. The summed E-state index contributed by atoms with van der Waals surface area (Å²) in [7, 11) is 0. The SMILES string of the molecule is CC.O=C1N(Cc2ccccc2)C/C(=N\O)C12CCC2. The Balaban J connectivity index is 0.000000704. The van der Waals surface area contributed by atoms with Gasteiger partial charge in [0.05, 0.1) is 17.7 Å². The number of likely N-dealkylation sites (tertiary alicyclic amines) is 1. The second-order valence-corrected chi connectivity index (χ2v) is 5.13. The fraction of sp³-hybridized carbons (Fsp3) is 0.500. The summed E-state index contributed by atoms with van der Waals surface area (Å²) in [5, 5.41) is 12.4. The Morgan fingerprint density at radius 1 is 1.25 bits per heavy atom. The topological polar surface area (TPSA) is 52.9 Å². The lowest BCUT2D eigenvalue weighted by atomic mass is 9.66. The van der Waals surface area contributed by atoms with Crippen LogP contribution >= 0.6 is 0 Å². The molecular formula is C16H22N2O2. The van der Waals surface area contributed by atoms with Crippen molar-refractivity contribution in [1.29, 1.82) is 0 Å². The summed E-state index contributed by atoms with van der Waals surface area (Å²) in [6, 6.07) is 9.92. The Hall–Kier alpha value is -1.84. The number of carbonyl (C=O) groups is 1. The highest BCUT2D eigenvalue weighted by molar-refractivity contribution is 6.15. The molecule has 1 aromatic carbocycles. The molecule has 1 spiro atoms. The Labute approximate surface area is 120 Å². The second kappa shape index (κ2) is 6.07. The van der Waals surface area contributed by atoms with Crippen LogP contribution in [0.2, 0.25) is 0 Å². The Morgan fingerprint density at radius 2 is 1.90 bits per heavy atom. The minimum atomic E-state index is -0.469. The third kappa shape index (κ3) is 2.30. The minimum absolute atomic E-state index is 0.130. The molecule has 1 amide bonds. The average molecular weight is 274 g/mol. The Morgan fingerprint density at radius 3 is 2.35 bits per heavy atom. The molecule has 4 heteroatoms. The normalized spacial score (nSPS) is 21.6. The molecule has 1 saturated heterocycles. The first kappa shape index (κ1) is 14.6. The van der Waals surface area contributed by atoms with Crippen molar-refractivity contribution in [2.75, 3.05) is 6.54 Å². The van der Waals surface area contributed by atoms with Gasteiger partial charge in [-0.3, -0.25) is 4.79 Å². The number of hydrogen-bond donors (Lipinski definition) is 1. The smallest absolute Gasteiger partial charge is 0.235 e. The molecule has 4 nitrogen and oxygen atoms in total. The van der Waals surface area contributed by atoms with E-state index in [4.69, 9.17) is 5.21 Å². The number of hydrogen-bond acceptors (Lipinski definition) is 3. The van der Waals surface area contributed by atoms with Gasteiger partial charge in [0.15, 0.2) is 0 Å². The van der Waals surface area contributed by atoms with Crippen molar-refractivity contribution in [1.82, 2.24) is 4.90 Å². The molecule has 0 unspecified atom stereocenters. The molecule has 1 aliphatic heterocycles. The van der Waals surface area contributed by atoms with Crippen LogP contribution in [-0.4, -0.2) is 28.3 Å². The fourth-order valence-electron chi connectivity index (χ4n) is 2.92. The van der Waals surface area contributed by atoms with E-state index in [1.807, 2.05) is 44.2 Å². The average Bonchev–Trinajstić information content (AvgIpc) is 2.75. The summed E-state index contributed by atoms with van der Waals surface area (Å²) in [5.41, 5.74) is 1.29. The molecule has 2 fully saturated rings. The standard InChI is InChI=1S/C14H16N2O2.C2H6/c17-13-14(7-4-8-14)12(15-18)10-16(13)9-11-5-2-1-3-6-11;1-2/h1-3,5-6,18H,4,7-10H2;1-2H3/b15-12+;. The number of carbonyl (C=O) groups excluding carboxylic acids is 1. The first-order chi connectivity index (χ1) is 9.76. The van der Waals surface area contributed by atoms with Crippen LogP contribution in [0.25, 0.3) is 0 Å². The second-order valence-electron chi connectivity index (χ2n) is 5.13. The van der Waals surface area contributed by atoms with Crippen LogP contribution in [0.4, 0.5) is 0 Å². The summed E-state index contributed by atoms with van der Waals surface area (Å²) >= 11 is 0. The van der Waals surface area contributed by atoms with Gasteiger partial charge in [-0.15, -0.1) is 0 Å². The van der Waals surface area contributed by atoms with Crippen LogP contribution in [0.3, 0.4) is 0 Å². The molecule has 1 aliphatic carbocycles. The van der Waals surface area contributed by atoms with Gasteiger partial charge < -0.3 is 10.1 Å². The van der Waals surface area contributed by atoms with Crippen LogP contribution in [0.15, 0.2) is 35.5 Å². The molecule has 108 valence electrons. The maximum Gasteiger partial charge on any atom is 0.235 e. The van der Waals surface area contributed by atoms with E-state index in [1.54, 1.807) is 4.90 Å². The molecule has 0 radical (unpaired) electrons. The van der Waals surface area contributed by atoms with Crippen molar-refractivity contribution in [3.8, 4) is 0 Å². The molecule has 1 saturated carbocycles. The van der Waals surface area contributed by atoms with E-state index in [2.05, 4.69) is 5.16 Å². The van der Waals surface area contributed by atoms with Crippen molar-refractivity contribution in [3.05, 3.63) is 35.9 Å². The molecule has 20 heavy (non-hydrogen) atoms. The zero-order valence-electron chi connectivity index (χ0n) is 12.2. The lowest BCUT2D eigenvalue weighted by Crippen LogP contribution is -2.42. The molecule has 3 rings (SSSR count). The Kier molecular flexibility index (Phi) is 4.42. The van der Waals surface area contributed by atoms with E-state index in [0.717, 1.165) is 24.8 Å². The van der Waals surface area contributed by atoms with Gasteiger partial charge in [0.2, 0.25) is 5.91 Å². The van der Waals surface area contributed by atoms with Crippen molar-refractivity contribution in [3.63, 3.8) is 0 Å². The molecule has 0 bridgehead atoms. The molecule has 2 aliphatic rings. The van der Waals surface area contributed by atoms with Crippen molar-refractivity contribution in [2.45, 2.75) is 39.7 Å². The predicted molar refractivity (Wildman–Crippen MR) is 78.7 cm³/mol. The molecule has 0 atom stereocenters. The first-order valence-corrected chi connectivity index (χ1v) is 7.31. The molecule has 1 N–H and O–H groups in total. The van der Waals surface area contributed by atoms with Gasteiger partial charge in [0.25, 0.3) is 0 Å². The first-order valence-electron chi connectivity index (χ1n) is 7.31. The van der Waals surface area contributed by atoms with Crippen LogP contribution in [0.1, 0.15) is 38.7 Å². The number of amides is 1. The molecule has 1 aromatic rings. The molecular weight excluding hydrogens is 252 g/mol. The highest BCUT2D eigenvalue weighted by Gasteiger charge is 2.55. The van der Waals surface area contributed by atoms with Crippen molar-refractivity contribution in [2.24, 2.45) is 10.6 Å². The summed E-state index contributed by atoms with van der Waals surface area (Å²) in [6.45, 7) is 5.06. The van der Waals surface area contributed by atoms with Crippen LogP contribution < -0.4 is 0 Å². The predicted octanol–water partition coefficient (Wildman–Crippen LogP) is 3.06. The van der Waals surface area contributed by atoms with Gasteiger partial charge in [-0.25, -0.2) is 0 Å². The monoisotopic (exact) mass is 274 g/mol. The zero-order chi connectivity index (χ0) is 14.6. The van der Waals surface area contributed by atoms with Crippen molar-refractivity contribution >= 4 is 11.6 Å². The van der Waals surface area contributed by atoms with Crippen LogP contribution in [-0.2, 0) is 11.3 Å². The summed E-state index contributed by atoms with van der Waals surface area (Å²) in [4.78, 5) is 14.2. The third-order valence-electron chi connectivity index (χ3n) is 4.13. The number of benzene rings is 1. The summed E-state index contributed by atoms with van der Waals surface area (Å²) in [5.74, 6) is 0.130. The highest BCUT2D eigenvalue weighted by Crippen LogP contribution is 2.47. The van der Waals surface area contributed by atoms with Gasteiger partial charge in [-0.05, 0) is 18.4 Å². The van der Waals surface area contributed by atoms with Gasteiger partial charge in [0, 0.05) is 6.54 Å². The van der Waals surface area contributed by atoms with Crippen molar-refractivity contribution < 1.29 is 10.0 Å². The van der Waals surface area contributed by atoms with Crippen LogP contribution in [0.5, 0.6) is 0 Å². The lowest BCUT2D eigenvalue weighted by molar-refractivity contribution is -0.138. The third-order valence-corrected chi connectivity index (χ3v) is 4.13. The van der Waals surface area contributed by atoms with Gasteiger partial charge in [-0.1, -0.05) is 55.8 Å². The van der Waals surface area contributed by atoms with E-state index < -0.39 is 5.41 Å². The Bertz CT molecular complexity index is 492. The van der Waals surface area contributed by atoms with E-state index in [9.17, 15) is 4.79 Å². The van der Waals surface area contributed by atoms with E-state index in [0.29, 0.717) is 18.8 Å². The fourth-order valence-corrected chi connectivity index (χ4v) is 2.92. The summed E-state index contributed by atoms with van der Waals surface area (Å²) < 4.78 is 0. The van der Waals surface area contributed by atoms with Gasteiger partial charge >= 0.3 is 0 Å². The molecule has 0 aromatic heterocycles.